The van der Waals surface area contributed by atoms with E-state index in [0.29, 0.717) is 34.8 Å². The van der Waals surface area contributed by atoms with Crippen molar-refractivity contribution in [3.63, 3.8) is 0 Å². The molecule has 1 aliphatic carbocycles. The second kappa shape index (κ2) is 10.7. The highest BCUT2D eigenvalue weighted by Crippen LogP contribution is 2.45. The van der Waals surface area contributed by atoms with Crippen LogP contribution in [-0.2, 0) is 19.2 Å². The van der Waals surface area contributed by atoms with Crippen LogP contribution in [0.3, 0.4) is 0 Å². The molecular formula is C27H26F4N6O3. The van der Waals surface area contributed by atoms with E-state index < -0.39 is 17.7 Å². The van der Waals surface area contributed by atoms with Gasteiger partial charge in [-0.3, -0.25) is 0 Å². The average molecular weight is 559 g/mol. The Labute approximate surface area is 227 Å². The maximum absolute atomic E-state index is 15.4. The van der Waals surface area contributed by atoms with Gasteiger partial charge in [-0.15, -0.1) is 0 Å². The van der Waals surface area contributed by atoms with Gasteiger partial charge in [0.15, 0.2) is 17.3 Å². The van der Waals surface area contributed by atoms with Crippen molar-refractivity contribution in [2.24, 2.45) is 0 Å². The molecule has 1 aliphatic rings. The highest BCUT2D eigenvalue weighted by atomic mass is 19.4. The minimum Gasteiger partial charge on any atom is -0.490 e. The average Bonchev–Trinajstić information content (AvgIpc) is 3.71. The first kappa shape index (κ1) is 27.3. The van der Waals surface area contributed by atoms with Gasteiger partial charge in [0.25, 0.3) is 5.88 Å². The van der Waals surface area contributed by atoms with Gasteiger partial charge in [0.2, 0.25) is 5.88 Å². The Hall–Kier alpha value is -4.29. The van der Waals surface area contributed by atoms with Crippen molar-refractivity contribution in [2.45, 2.75) is 51.8 Å². The predicted molar refractivity (Wildman–Crippen MR) is 135 cm³/mol. The summed E-state index contributed by atoms with van der Waals surface area (Å²) < 4.78 is 72.7. The Balaban J connectivity index is 1.46. The molecule has 0 amide bonds. The Morgan fingerprint density at radius 1 is 1.02 bits per heavy atom. The summed E-state index contributed by atoms with van der Waals surface area (Å²) >= 11 is 0. The zero-order chi connectivity index (χ0) is 28.6. The van der Waals surface area contributed by atoms with Crippen LogP contribution in [0.1, 0.15) is 53.9 Å². The minimum absolute atomic E-state index is 0.0371. The molecule has 40 heavy (non-hydrogen) atoms. The number of hydrogen-bond acceptors (Lipinski definition) is 8. The summed E-state index contributed by atoms with van der Waals surface area (Å²) in [5.74, 6) is 0.532. The third kappa shape index (κ3) is 5.27. The zero-order valence-electron chi connectivity index (χ0n) is 22.2. The van der Waals surface area contributed by atoms with Crippen molar-refractivity contribution in [1.29, 1.82) is 0 Å². The number of nitrogens with zero attached hydrogens (tertiary/aromatic N) is 6. The summed E-state index contributed by atoms with van der Waals surface area (Å²) in [5, 5.41) is 3.61. The van der Waals surface area contributed by atoms with Gasteiger partial charge >= 0.3 is 6.18 Å². The van der Waals surface area contributed by atoms with E-state index in [1.165, 1.54) is 39.7 Å². The Morgan fingerprint density at radius 3 is 2.42 bits per heavy atom. The van der Waals surface area contributed by atoms with Gasteiger partial charge in [0.05, 0.1) is 26.1 Å². The lowest BCUT2D eigenvalue weighted by Crippen LogP contribution is -2.11. The van der Waals surface area contributed by atoms with E-state index in [-0.39, 0.29) is 35.5 Å². The summed E-state index contributed by atoms with van der Waals surface area (Å²) in [4.78, 5) is 17.6. The van der Waals surface area contributed by atoms with Gasteiger partial charge in [-0.05, 0) is 49.4 Å². The van der Waals surface area contributed by atoms with E-state index in [2.05, 4.69) is 25.0 Å². The number of rotatable bonds is 9. The molecule has 210 valence electrons. The number of halogens is 4. The van der Waals surface area contributed by atoms with Crippen LogP contribution in [0, 0.1) is 12.7 Å². The minimum atomic E-state index is -4.64. The van der Waals surface area contributed by atoms with Crippen molar-refractivity contribution in [3.8, 4) is 34.6 Å². The third-order valence-corrected chi connectivity index (χ3v) is 6.51. The molecule has 3 aromatic heterocycles. The van der Waals surface area contributed by atoms with Crippen LogP contribution in [0.2, 0.25) is 0 Å². The van der Waals surface area contributed by atoms with Gasteiger partial charge in [0.1, 0.15) is 30.0 Å². The molecule has 3 heterocycles. The van der Waals surface area contributed by atoms with Gasteiger partial charge in [-0.1, -0.05) is 13.0 Å². The number of benzene rings is 1. The van der Waals surface area contributed by atoms with Gasteiger partial charge in [0, 0.05) is 11.6 Å². The molecule has 0 bridgehead atoms. The highest BCUT2D eigenvalue weighted by molar-refractivity contribution is 5.66. The van der Waals surface area contributed by atoms with Crippen LogP contribution in [-0.4, -0.2) is 43.9 Å². The SMILES string of the molecule is CCc1cc(COc2nc(-c3c(OC)ncnc3C3CC3)ncc2OC)cc(F)c1-n1nc(C(F)(F)F)cc1C. The lowest BCUT2D eigenvalue weighted by Gasteiger charge is -2.15. The van der Waals surface area contributed by atoms with E-state index in [4.69, 9.17) is 14.2 Å². The maximum atomic E-state index is 15.4. The third-order valence-electron chi connectivity index (χ3n) is 6.51. The fourth-order valence-corrected chi connectivity index (χ4v) is 4.43. The lowest BCUT2D eigenvalue weighted by molar-refractivity contribution is -0.141. The monoisotopic (exact) mass is 558 g/mol. The van der Waals surface area contributed by atoms with E-state index in [9.17, 15) is 13.2 Å². The standard InChI is InChI=1S/C27H26F4N6O3/c1-5-16-9-15(10-18(28)23(16)37-14(2)8-20(36-37)27(29,30)31)12-40-25-19(38-3)11-32-24(35-25)21-22(17-6-7-17)33-13-34-26(21)39-4/h8-11,13,17H,5-7,12H2,1-4H3. The second-order valence-corrected chi connectivity index (χ2v) is 9.29. The number of ether oxygens (including phenoxy) is 3. The largest absolute Gasteiger partial charge is 0.490 e. The molecule has 1 saturated carbocycles. The maximum Gasteiger partial charge on any atom is 0.435 e. The summed E-state index contributed by atoms with van der Waals surface area (Å²) in [7, 11) is 2.94. The number of methoxy groups -OCH3 is 2. The Bertz CT molecular complexity index is 1550. The smallest absolute Gasteiger partial charge is 0.435 e. The Kier molecular flexibility index (Phi) is 7.30. The van der Waals surface area contributed by atoms with Crippen LogP contribution < -0.4 is 14.2 Å². The van der Waals surface area contributed by atoms with E-state index >= 15 is 4.39 Å². The highest BCUT2D eigenvalue weighted by Gasteiger charge is 2.35. The zero-order valence-corrected chi connectivity index (χ0v) is 22.2. The molecule has 0 radical (unpaired) electrons. The van der Waals surface area contributed by atoms with Crippen molar-refractivity contribution in [3.05, 3.63) is 64.7 Å². The first-order chi connectivity index (χ1) is 19.1. The van der Waals surface area contributed by atoms with Crippen LogP contribution in [0.5, 0.6) is 17.5 Å². The summed E-state index contributed by atoms with van der Waals surface area (Å²) in [6, 6.07) is 3.76. The molecule has 0 atom stereocenters. The molecule has 5 rings (SSSR count). The van der Waals surface area contributed by atoms with Crippen LogP contribution in [0.4, 0.5) is 17.6 Å². The summed E-state index contributed by atoms with van der Waals surface area (Å²) in [6.45, 7) is 3.12. The predicted octanol–water partition coefficient (Wildman–Crippen LogP) is 5.62. The molecular weight excluding hydrogens is 532 g/mol. The molecule has 0 aliphatic heterocycles. The fraction of sp³-hybridized carbons (Fsp3) is 0.370. The number of alkyl halides is 3. The molecule has 0 spiro atoms. The summed E-state index contributed by atoms with van der Waals surface area (Å²) in [5.41, 5.74) is 1.30. The number of aryl methyl sites for hydroxylation is 2. The molecule has 0 unspecified atom stereocenters. The van der Waals surface area contributed by atoms with Crippen molar-refractivity contribution in [1.82, 2.24) is 29.7 Å². The van der Waals surface area contributed by atoms with Gasteiger partial charge < -0.3 is 14.2 Å². The number of aromatic nitrogens is 6. The summed E-state index contributed by atoms with van der Waals surface area (Å²) in [6.07, 6.45) is 0.583. The first-order valence-corrected chi connectivity index (χ1v) is 12.5. The fourth-order valence-electron chi connectivity index (χ4n) is 4.43. The second-order valence-electron chi connectivity index (χ2n) is 9.29. The van der Waals surface area contributed by atoms with Crippen LogP contribution in [0.25, 0.3) is 17.1 Å². The van der Waals surface area contributed by atoms with Gasteiger partial charge in [-0.2, -0.15) is 23.3 Å². The lowest BCUT2D eigenvalue weighted by atomic mass is 10.1. The van der Waals surface area contributed by atoms with Crippen LogP contribution in [0.15, 0.2) is 30.7 Å². The van der Waals surface area contributed by atoms with Crippen LogP contribution >= 0.6 is 0 Å². The molecule has 9 nitrogen and oxygen atoms in total. The van der Waals surface area contributed by atoms with Gasteiger partial charge in [-0.25, -0.2) is 24.0 Å². The topological polar surface area (TPSA) is 97.1 Å². The Morgan fingerprint density at radius 2 is 1.80 bits per heavy atom. The molecule has 0 saturated heterocycles. The molecule has 4 aromatic rings. The van der Waals surface area contributed by atoms with E-state index in [1.807, 2.05) is 0 Å². The molecule has 1 fully saturated rings. The first-order valence-electron chi connectivity index (χ1n) is 12.5. The van der Waals surface area contributed by atoms with E-state index in [0.717, 1.165) is 29.3 Å². The van der Waals surface area contributed by atoms with E-state index in [1.54, 1.807) is 13.0 Å². The van der Waals surface area contributed by atoms with Crippen molar-refractivity contribution >= 4 is 0 Å². The molecule has 0 N–H and O–H groups in total. The molecule has 1 aromatic carbocycles. The normalized spacial score (nSPS) is 13.4. The molecule has 13 heteroatoms. The number of hydrogen-bond donors (Lipinski definition) is 0. The van der Waals surface area contributed by atoms with Crippen molar-refractivity contribution in [2.75, 3.05) is 14.2 Å². The quantitative estimate of drug-likeness (QED) is 0.244. The van der Waals surface area contributed by atoms with Crippen molar-refractivity contribution < 1.29 is 31.8 Å².